The van der Waals surface area contributed by atoms with Crippen molar-refractivity contribution >= 4 is 28.5 Å². The highest BCUT2D eigenvalue weighted by Gasteiger charge is 2.04. The molecule has 0 fully saturated rings. The number of benzene rings is 1. The minimum absolute atomic E-state index is 0.241. The molecule has 0 radical (unpaired) electrons. The molecule has 0 saturated heterocycles. The standard InChI is InChI=1S/C15H16N2O3S/c1-10-9-16-15(21-10)17-14(18)7-4-11-8-12(19-2)5-6-13(11)20-3/h4-9H,1-3H3,(H,16,17,18)/b7-4+. The molecule has 0 aliphatic rings. The summed E-state index contributed by atoms with van der Waals surface area (Å²) < 4.78 is 10.4. The van der Waals surface area contributed by atoms with Crippen LogP contribution < -0.4 is 14.8 Å². The first-order chi connectivity index (χ1) is 10.1. The third-order valence-corrected chi connectivity index (χ3v) is 3.53. The van der Waals surface area contributed by atoms with Gasteiger partial charge in [-0.15, -0.1) is 11.3 Å². The smallest absolute Gasteiger partial charge is 0.250 e. The SMILES string of the molecule is COc1ccc(OC)c(/C=C/C(=O)Nc2ncc(C)s2)c1. The highest BCUT2D eigenvalue weighted by molar-refractivity contribution is 7.15. The number of rotatable bonds is 5. The summed E-state index contributed by atoms with van der Waals surface area (Å²) in [5.74, 6) is 1.13. The van der Waals surface area contributed by atoms with Gasteiger partial charge in [0, 0.05) is 22.7 Å². The zero-order valence-electron chi connectivity index (χ0n) is 12.0. The van der Waals surface area contributed by atoms with Crippen molar-refractivity contribution in [3.05, 3.63) is 40.9 Å². The number of aryl methyl sites for hydroxylation is 1. The maximum atomic E-state index is 11.8. The number of thiazole rings is 1. The Morgan fingerprint density at radius 3 is 2.76 bits per heavy atom. The lowest BCUT2D eigenvalue weighted by molar-refractivity contribution is -0.111. The summed E-state index contributed by atoms with van der Waals surface area (Å²) in [6.07, 6.45) is 4.83. The molecule has 2 aromatic rings. The Labute approximate surface area is 127 Å². The lowest BCUT2D eigenvalue weighted by Gasteiger charge is -2.07. The second kappa shape index (κ2) is 6.90. The van der Waals surface area contributed by atoms with Gasteiger partial charge >= 0.3 is 0 Å². The minimum atomic E-state index is -0.241. The van der Waals surface area contributed by atoms with Gasteiger partial charge in [-0.05, 0) is 31.2 Å². The number of aromatic nitrogens is 1. The Morgan fingerprint density at radius 2 is 2.14 bits per heavy atom. The predicted molar refractivity (Wildman–Crippen MR) is 84.1 cm³/mol. The summed E-state index contributed by atoms with van der Waals surface area (Å²) in [7, 11) is 3.17. The highest BCUT2D eigenvalue weighted by atomic mass is 32.1. The van der Waals surface area contributed by atoms with Crippen LogP contribution >= 0.6 is 11.3 Å². The molecule has 0 aliphatic carbocycles. The van der Waals surface area contributed by atoms with Crippen LogP contribution in [-0.2, 0) is 4.79 Å². The number of amides is 1. The lowest BCUT2D eigenvalue weighted by Crippen LogP contribution is -2.07. The summed E-state index contributed by atoms with van der Waals surface area (Å²) in [5, 5.41) is 3.29. The van der Waals surface area contributed by atoms with E-state index in [-0.39, 0.29) is 5.91 Å². The van der Waals surface area contributed by atoms with Gasteiger partial charge in [0.05, 0.1) is 14.2 Å². The molecule has 0 saturated carbocycles. The summed E-state index contributed by atoms with van der Waals surface area (Å²) in [5.41, 5.74) is 0.766. The van der Waals surface area contributed by atoms with Crippen molar-refractivity contribution in [3.63, 3.8) is 0 Å². The van der Waals surface area contributed by atoms with Crippen LogP contribution in [0.5, 0.6) is 11.5 Å². The number of nitrogens with one attached hydrogen (secondary N) is 1. The molecule has 1 aromatic heterocycles. The molecule has 5 nitrogen and oxygen atoms in total. The molecule has 2 rings (SSSR count). The van der Waals surface area contributed by atoms with E-state index in [1.807, 2.05) is 6.92 Å². The Hall–Kier alpha value is -2.34. The Bertz CT molecular complexity index is 665. The van der Waals surface area contributed by atoms with Crippen LogP contribution in [-0.4, -0.2) is 25.1 Å². The van der Waals surface area contributed by atoms with Crippen molar-refractivity contribution in [3.8, 4) is 11.5 Å². The summed E-state index contributed by atoms with van der Waals surface area (Å²) in [6.45, 7) is 1.93. The van der Waals surface area contributed by atoms with Crippen molar-refractivity contribution in [2.45, 2.75) is 6.92 Å². The molecule has 1 amide bonds. The molecule has 1 aromatic carbocycles. The number of anilines is 1. The van der Waals surface area contributed by atoms with Gasteiger partial charge in [0.15, 0.2) is 5.13 Å². The van der Waals surface area contributed by atoms with Gasteiger partial charge in [0.1, 0.15) is 11.5 Å². The Morgan fingerprint density at radius 1 is 1.33 bits per heavy atom. The monoisotopic (exact) mass is 304 g/mol. The van der Waals surface area contributed by atoms with Crippen LogP contribution in [0.1, 0.15) is 10.4 Å². The molecule has 0 atom stereocenters. The average molecular weight is 304 g/mol. The molecular weight excluding hydrogens is 288 g/mol. The zero-order valence-corrected chi connectivity index (χ0v) is 12.9. The fourth-order valence-corrected chi connectivity index (χ4v) is 2.36. The van der Waals surface area contributed by atoms with Crippen molar-refractivity contribution in [2.24, 2.45) is 0 Å². The molecular formula is C15H16N2O3S. The van der Waals surface area contributed by atoms with E-state index in [9.17, 15) is 4.79 Å². The molecule has 110 valence electrons. The molecule has 0 spiro atoms. The molecule has 0 aliphatic heterocycles. The number of ether oxygens (including phenoxy) is 2. The van der Waals surface area contributed by atoms with E-state index in [1.54, 1.807) is 44.7 Å². The molecule has 1 N–H and O–H groups in total. The van der Waals surface area contributed by atoms with Crippen molar-refractivity contribution in [1.82, 2.24) is 4.98 Å². The lowest BCUT2D eigenvalue weighted by atomic mass is 10.1. The molecule has 0 unspecified atom stereocenters. The second-order valence-electron chi connectivity index (χ2n) is 4.21. The van der Waals surface area contributed by atoms with E-state index in [2.05, 4.69) is 10.3 Å². The number of nitrogens with zero attached hydrogens (tertiary/aromatic N) is 1. The first-order valence-corrected chi connectivity index (χ1v) is 7.07. The summed E-state index contributed by atoms with van der Waals surface area (Å²) in [6, 6.07) is 5.39. The normalized spacial score (nSPS) is 10.6. The van der Waals surface area contributed by atoms with E-state index in [4.69, 9.17) is 9.47 Å². The molecule has 0 bridgehead atoms. The Kier molecular flexibility index (Phi) is 4.94. The third kappa shape index (κ3) is 4.06. The van der Waals surface area contributed by atoms with Gasteiger partial charge in [-0.1, -0.05) is 0 Å². The maximum absolute atomic E-state index is 11.8. The van der Waals surface area contributed by atoms with E-state index in [1.165, 1.54) is 17.4 Å². The number of hydrogen-bond donors (Lipinski definition) is 1. The topological polar surface area (TPSA) is 60.5 Å². The zero-order chi connectivity index (χ0) is 15.2. The van der Waals surface area contributed by atoms with Crippen molar-refractivity contribution < 1.29 is 14.3 Å². The van der Waals surface area contributed by atoms with E-state index in [0.717, 1.165) is 10.4 Å². The van der Waals surface area contributed by atoms with Gasteiger partial charge in [0.25, 0.3) is 0 Å². The number of methoxy groups -OCH3 is 2. The second-order valence-corrected chi connectivity index (χ2v) is 5.44. The van der Waals surface area contributed by atoms with Crippen LogP contribution in [0.3, 0.4) is 0 Å². The van der Waals surface area contributed by atoms with E-state index in [0.29, 0.717) is 16.6 Å². The minimum Gasteiger partial charge on any atom is -0.497 e. The molecule has 6 heteroatoms. The highest BCUT2D eigenvalue weighted by Crippen LogP contribution is 2.25. The fourth-order valence-electron chi connectivity index (χ4n) is 1.69. The van der Waals surface area contributed by atoms with Crippen LogP contribution in [0.2, 0.25) is 0 Å². The predicted octanol–water partition coefficient (Wildman–Crippen LogP) is 3.12. The quantitative estimate of drug-likeness (QED) is 0.862. The number of hydrogen-bond acceptors (Lipinski definition) is 5. The average Bonchev–Trinajstić information content (AvgIpc) is 2.89. The van der Waals surface area contributed by atoms with Crippen LogP contribution in [0.25, 0.3) is 6.08 Å². The van der Waals surface area contributed by atoms with Crippen molar-refractivity contribution in [1.29, 1.82) is 0 Å². The fraction of sp³-hybridized carbons (Fsp3) is 0.200. The Balaban J connectivity index is 2.10. The third-order valence-electron chi connectivity index (χ3n) is 2.70. The summed E-state index contributed by atoms with van der Waals surface area (Å²) in [4.78, 5) is 17.0. The maximum Gasteiger partial charge on any atom is 0.250 e. The van der Waals surface area contributed by atoms with Crippen molar-refractivity contribution in [2.75, 3.05) is 19.5 Å². The van der Waals surface area contributed by atoms with Crippen LogP contribution in [0.4, 0.5) is 5.13 Å². The van der Waals surface area contributed by atoms with Gasteiger partial charge in [-0.3, -0.25) is 10.1 Å². The van der Waals surface area contributed by atoms with Gasteiger partial charge in [-0.25, -0.2) is 4.98 Å². The first-order valence-electron chi connectivity index (χ1n) is 6.26. The molecule has 1 heterocycles. The van der Waals surface area contributed by atoms with Gasteiger partial charge in [0.2, 0.25) is 5.91 Å². The number of carbonyl (C=O) groups excluding carboxylic acids is 1. The molecule has 21 heavy (non-hydrogen) atoms. The van der Waals surface area contributed by atoms with Crippen LogP contribution in [0, 0.1) is 6.92 Å². The largest absolute Gasteiger partial charge is 0.497 e. The van der Waals surface area contributed by atoms with E-state index < -0.39 is 0 Å². The summed E-state index contributed by atoms with van der Waals surface area (Å²) >= 11 is 1.43. The number of carbonyl (C=O) groups is 1. The van der Waals surface area contributed by atoms with E-state index >= 15 is 0 Å². The van der Waals surface area contributed by atoms with Crippen LogP contribution in [0.15, 0.2) is 30.5 Å². The first kappa shape index (κ1) is 15.1. The van der Waals surface area contributed by atoms with Gasteiger partial charge in [-0.2, -0.15) is 0 Å². The van der Waals surface area contributed by atoms with Gasteiger partial charge < -0.3 is 9.47 Å².